The SMILES string of the molecule is CC(C)C(NC(=O)CN1CCCC(Cc2nccn2C)C1)c1ccc2c(c1)OCCCO2. The lowest BCUT2D eigenvalue weighted by atomic mass is 9.94. The molecule has 1 amide bonds. The fourth-order valence-electron chi connectivity index (χ4n) is 4.74. The van der Waals surface area contributed by atoms with Crippen molar-refractivity contribution >= 4 is 5.91 Å². The van der Waals surface area contributed by atoms with Crippen LogP contribution in [0.5, 0.6) is 11.5 Å². The highest BCUT2D eigenvalue weighted by molar-refractivity contribution is 5.78. The van der Waals surface area contributed by atoms with Crippen LogP contribution in [0, 0.1) is 11.8 Å². The van der Waals surface area contributed by atoms with Gasteiger partial charge in [0, 0.05) is 38.8 Å². The van der Waals surface area contributed by atoms with Gasteiger partial charge >= 0.3 is 0 Å². The summed E-state index contributed by atoms with van der Waals surface area (Å²) in [5.74, 6) is 3.56. The Hall–Kier alpha value is -2.54. The van der Waals surface area contributed by atoms with E-state index in [2.05, 4.69) is 33.6 Å². The van der Waals surface area contributed by atoms with Gasteiger partial charge in [-0.3, -0.25) is 9.69 Å². The van der Waals surface area contributed by atoms with Crippen molar-refractivity contribution in [1.82, 2.24) is 19.8 Å². The first-order chi connectivity index (χ1) is 15.5. The molecule has 0 bridgehead atoms. The zero-order valence-corrected chi connectivity index (χ0v) is 19.5. The van der Waals surface area contributed by atoms with Gasteiger partial charge < -0.3 is 19.4 Å². The fourth-order valence-corrected chi connectivity index (χ4v) is 4.74. The minimum atomic E-state index is -0.0622. The largest absolute Gasteiger partial charge is 0.490 e. The lowest BCUT2D eigenvalue weighted by Crippen LogP contribution is -2.44. The molecule has 2 aromatic rings. The van der Waals surface area contributed by atoms with Gasteiger partial charge in [0.1, 0.15) is 5.82 Å². The van der Waals surface area contributed by atoms with Crippen LogP contribution in [0.2, 0.25) is 0 Å². The molecule has 0 spiro atoms. The monoisotopic (exact) mass is 440 g/mol. The second-order valence-corrected chi connectivity index (χ2v) is 9.45. The van der Waals surface area contributed by atoms with Gasteiger partial charge in [0.2, 0.25) is 5.91 Å². The van der Waals surface area contributed by atoms with Crippen LogP contribution in [-0.2, 0) is 18.3 Å². The molecule has 7 heteroatoms. The summed E-state index contributed by atoms with van der Waals surface area (Å²) in [7, 11) is 2.04. The van der Waals surface area contributed by atoms with Crippen molar-refractivity contribution in [1.29, 1.82) is 0 Å². The van der Waals surface area contributed by atoms with E-state index in [1.54, 1.807) is 0 Å². The fraction of sp³-hybridized carbons (Fsp3) is 0.600. The predicted octanol–water partition coefficient (Wildman–Crippen LogP) is 3.35. The van der Waals surface area contributed by atoms with E-state index in [4.69, 9.17) is 9.47 Å². The number of amides is 1. The number of carbonyl (C=O) groups is 1. The van der Waals surface area contributed by atoms with Gasteiger partial charge in [0.05, 0.1) is 25.8 Å². The molecule has 2 unspecified atom stereocenters. The summed E-state index contributed by atoms with van der Waals surface area (Å²) in [6.07, 6.45) is 8.01. The molecular formula is C25H36N4O3. The highest BCUT2D eigenvalue weighted by Crippen LogP contribution is 2.34. The Morgan fingerprint density at radius 2 is 2.03 bits per heavy atom. The van der Waals surface area contributed by atoms with E-state index >= 15 is 0 Å². The maximum Gasteiger partial charge on any atom is 0.234 e. The molecule has 2 aliphatic heterocycles. The number of fused-ring (bicyclic) bond motifs is 1. The minimum Gasteiger partial charge on any atom is -0.490 e. The third-order valence-corrected chi connectivity index (χ3v) is 6.48. The number of aromatic nitrogens is 2. The number of nitrogens with zero attached hydrogens (tertiary/aromatic N) is 3. The number of hydrogen-bond acceptors (Lipinski definition) is 5. The highest BCUT2D eigenvalue weighted by Gasteiger charge is 2.25. The quantitative estimate of drug-likeness (QED) is 0.715. The molecule has 3 heterocycles. The van der Waals surface area contributed by atoms with E-state index in [1.807, 2.05) is 37.6 Å². The summed E-state index contributed by atoms with van der Waals surface area (Å²) in [5.41, 5.74) is 1.06. The van der Waals surface area contributed by atoms with E-state index in [9.17, 15) is 4.79 Å². The number of rotatable bonds is 7. The summed E-state index contributed by atoms with van der Waals surface area (Å²) in [4.78, 5) is 19.8. The van der Waals surface area contributed by atoms with E-state index in [-0.39, 0.29) is 17.9 Å². The molecule has 1 N–H and O–H groups in total. The van der Waals surface area contributed by atoms with E-state index in [0.29, 0.717) is 25.7 Å². The van der Waals surface area contributed by atoms with Gasteiger partial charge in [-0.25, -0.2) is 4.98 Å². The summed E-state index contributed by atoms with van der Waals surface area (Å²) in [5, 5.41) is 3.28. The van der Waals surface area contributed by atoms with Gasteiger partial charge in [-0.1, -0.05) is 19.9 Å². The zero-order chi connectivity index (χ0) is 22.5. The lowest BCUT2D eigenvalue weighted by Gasteiger charge is -2.33. The van der Waals surface area contributed by atoms with Crippen molar-refractivity contribution in [2.24, 2.45) is 18.9 Å². The van der Waals surface area contributed by atoms with Gasteiger partial charge in [-0.15, -0.1) is 0 Å². The molecule has 0 radical (unpaired) electrons. The maximum atomic E-state index is 13.0. The van der Waals surface area contributed by atoms with Crippen LogP contribution in [0.3, 0.4) is 0 Å². The molecule has 1 aromatic carbocycles. The number of piperidine rings is 1. The number of benzene rings is 1. The van der Waals surface area contributed by atoms with Crippen LogP contribution in [0.25, 0.3) is 0 Å². The molecule has 1 saturated heterocycles. The number of aryl methyl sites for hydroxylation is 1. The molecular weight excluding hydrogens is 404 g/mol. The predicted molar refractivity (Wildman–Crippen MR) is 124 cm³/mol. The van der Waals surface area contributed by atoms with Crippen molar-refractivity contribution in [3.63, 3.8) is 0 Å². The Morgan fingerprint density at radius 1 is 1.22 bits per heavy atom. The number of imidazole rings is 1. The standard InChI is InChI=1S/C25H36N4O3/c1-18(2)25(20-7-8-21-22(15-20)32-13-5-12-31-21)27-24(30)17-29-10-4-6-19(16-29)14-23-26-9-11-28(23)3/h7-9,11,15,18-19,25H,4-6,10,12-14,16-17H2,1-3H3,(H,27,30). The molecule has 174 valence electrons. The van der Waals surface area contributed by atoms with Crippen molar-refractivity contribution in [3.05, 3.63) is 42.0 Å². The first kappa shape index (κ1) is 22.6. The second kappa shape index (κ2) is 10.4. The smallest absolute Gasteiger partial charge is 0.234 e. The summed E-state index contributed by atoms with van der Waals surface area (Å²) in [6, 6.07) is 5.97. The zero-order valence-electron chi connectivity index (χ0n) is 19.5. The average molecular weight is 441 g/mol. The van der Waals surface area contributed by atoms with Crippen LogP contribution in [-0.4, -0.2) is 53.2 Å². The Balaban J connectivity index is 1.36. The normalized spacial score (nSPS) is 20.1. The number of nitrogens with one attached hydrogen (secondary N) is 1. The van der Waals surface area contributed by atoms with E-state index in [0.717, 1.165) is 55.2 Å². The maximum absolute atomic E-state index is 13.0. The number of ether oxygens (including phenoxy) is 2. The van der Waals surface area contributed by atoms with Crippen molar-refractivity contribution < 1.29 is 14.3 Å². The Bertz CT molecular complexity index is 910. The van der Waals surface area contributed by atoms with Crippen molar-refractivity contribution in [2.45, 2.75) is 45.6 Å². The third-order valence-electron chi connectivity index (χ3n) is 6.48. The van der Waals surface area contributed by atoms with Crippen LogP contribution < -0.4 is 14.8 Å². The molecule has 1 aromatic heterocycles. The highest BCUT2D eigenvalue weighted by atomic mass is 16.5. The molecule has 1 fully saturated rings. The first-order valence-electron chi connectivity index (χ1n) is 11.9. The first-order valence-corrected chi connectivity index (χ1v) is 11.9. The van der Waals surface area contributed by atoms with Crippen LogP contribution in [0.4, 0.5) is 0 Å². The number of carbonyl (C=O) groups excluding carboxylic acids is 1. The Morgan fingerprint density at radius 3 is 2.78 bits per heavy atom. The summed E-state index contributed by atoms with van der Waals surface area (Å²) < 4.78 is 13.7. The van der Waals surface area contributed by atoms with Gasteiger partial charge in [0.25, 0.3) is 0 Å². The lowest BCUT2D eigenvalue weighted by molar-refractivity contribution is -0.123. The Kier molecular flexibility index (Phi) is 7.35. The van der Waals surface area contributed by atoms with Crippen LogP contribution >= 0.6 is 0 Å². The minimum absolute atomic E-state index is 0.0622. The molecule has 7 nitrogen and oxygen atoms in total. The summed E-state index contributed by atoms with van der Waals surface area (Å²) >= 11 is 0. The second-order valence-electron chi connectivity index (χ2n) is 9.45. The average Bonchev–Trinajstić information content (AvgIpc) is 3.02. The van der Waals surface area contributed by atoms with Crippen molar-refractivity contribution in [2.75, 3.05) is 32.8 Å². The van der Waals surface area contributed by atoms with Gasteiger partial charge in [-0.05, 0) is 48.9 Å². The number of likely N-dealkylation sites (tertiary alicyclic amines) is 1. The van der Waals surface area contributed by atoms with Crippen LogP contribution in [0.15, 0.2) is 30.6 Å². The number of hydrogen-bond donors (Lipinski definition) is 1. The topological polar surface area (TPSA) is 68.6 Å². The van der Waals surface area contributed by atoms with Gasteiger partial charge in [0.15, 0.2) is 11.5 Å². The molecule has 4 rings (SSSR count). The Labute approximate surface area is 191 Å². The third kappa shape index (κ3) is 5.63. The van der Waals surface area contributed by atoms with E-state index in [1.165, 1.54) is 6.42 Å². The van der Waals surface area contributed by atoms with Crippen molar-refractivity contribution in [3.8, 4) is 11.5 Å². The molecule has 0 saturated carbocycles. The molecule has 2 aliphatic rings. The molecule has 32 heavy (non-hydrogen) atoms. The van der Waals surface area contributed by atoms with Gasteiger partial charge in [-0.2, -0.15) is 0 Å². The molecule has 2 atom stereocenters. The molecule has 0 aliphatic carbocycles. The van der Waals surface area contributed by atoms with E-state index < -0.39 is 0 Å². The summed E-state index contributed by atoms with van der Waals surface area (Å²) in [6.45, 7) is 7.95. The van der Waals surface area contributed by atoms with Crippen LogP contribution in [0.1, 0.15) is 50.5 Å².